The number of halogens is 1. The zero-order valence-corrected chi connectivity index (χ0v) is 12.1. The van der Waals surface area contributed by atoms with Gasteiger partial charge in [0, 0.05) is 6.61 Å². The number of carboxylic acids is 1. The summed E-state index contributed by atoms with van der Waals surface area (Å²) in [7, 11) is 0. The smallest absolute Gasteiger partial charge is 0.341 e. The minimum absolute atomic E-state index is 0.0489. The van der Waals surface area contributed by atoms with Crippen LogP contribution in [0.2, 0.25) is 5.02 Å². The molecular formula is C14H19ClO5. The molecule has 0 radical (unpaired) electrons. The van der Waals surface area contributed by atoms with E-state index in [4.69, 9.17) is 26.2 Å². The van der Waals surface area contributed by atoms with Crippen molar-refractivity contribution in [2.45, 2.75) is 25.9 Å². The number of carboxylic acid groups (broad SMARTS) is 1. The van der Waals surface area contributed by atoms with Gasteiger partial charge in [-0.2, -0.15) is 0 Å². The fourth-order valence-corrected chi connectivity index (χ4v) is 1.78. The summed E-state index contributed by atoms with van der Waals surface area (Å²) in [6.45, 7) is 2.75. The number of aliphatic hydroxyl groups excluding tert-OH is 1. The predicted molar refractivity (Wildman–Crippen MR) is 75.6 cm³/mol. The highest BCUT2D eigenvalue weighted by Crippen LogP contribution is 2.26. The Morgan fingerprint density at radius 2 is 2.15 bits per heavy atom. The molecule has 0 saturated heterocycles. The molecule has 0 bridgehead atoms. The summed E-state index contributed by atoms with van der Waals surface area (Å²) < 4.78 is 10.6. The second-order valence-corrected chi connectivity index (χ2v) is 4.72. The van der Waals surface area contributed by atoms with Crippen LogP contribution in [0.5, 0.6) is 5.75 Å². The number of ether oxygens (including phenoxy) is 2. The summed E-state index contributed by atoms with van der Waals surface area (Å²) in [6.07, 6.45) is 1.15. The predicted octanol–water partition coefficient (Wildman–Crippen LogP) is 2.59. The van der Waals surface area contributed by atoms with Crippen LogP contribution in [0.25, 0.3) is 0 Å². The second-order valence-electron chi connectivity index (χ2n) is 4.31. The van der Waals surface area contributed by atoms with Crippen molar-refractivity contribution in [2.75, 3.05) is 19.8 Å². The van der Waals surface area contributed by atoms with Gasteiger partial charge in [0.1, 0.15) is 24.0 Å². The molecule has 1 aromatic carbocycles. The number of hydrogen-bond donors (Lipinski definition) is 2. The molecule has 1 aromatic rings. The molecule has 2 N–H and O–H groups in total. The Morgan fingerprint density at radius 1 is 1.40 bits per heavy atom. The molecule has 1 atom stereocenters. The van der Waals surface area contributed by atoms with Crippen LogP contribution in [-0.4, -0.2) is 42.1 Å². The molecular weight excluding hydrogens is 284 g/mol. The maximum absolute atomic E-state index is 11.1. The molecule has 0 aromatic heterocycles. The fourth-order valence-electron chi connectivity index (χ4n) is 1.53. The van der Waals surface area contributed by atoms with Crippen LogP contribution in [0.15, 0.2) is 18.2 Å². The van der Waals surface area contributed by atoms with Crippen molar-refractivity contribution in [1.29, 1.82) is 0 Å². The van der Waals surface area contributed by atoms with E-state index in [0.717, 1.165) is 12.8 Å². The number of benzene rings is 1. The van der Waals surface area contributed by atoms with E-state index < -0.39 is 12.1 Å². The van der Waals surface area contributed by atoms with Gasteiger partial charge in [-0.3, -0.25) is 0 Å². The monoisotopic (exact) mass is 302 g/mol. The summed E-state index contributed by atoms with van der Waals surface area (Å²) in [5.41, 5.74) is -0.103. The number of aliphatic hydroxyl groups is 1. The number of carbonyl (C=O) groups is 1. The Balaban J connectivity index is 2.49. The first kappa shape index (κ1) is 16.8. The molecule has 112 valence electrons. The van der Waals surface area contributed by atoms with Crippen LogP contribution in [-0.2, 0) is 4.74 Å². The largest absolute Gasteiger partial charge is 0.490 e. The summed E-state index contributed by atoms with van der Waals surface area (Å²) in [5, 5.41) is 18.8. The van der Waals surface area contributed by atoms with Crippen molar-refractivity contribution in [1.82, 2.24) is 0 Å². The van der Waals surface area contributed by atoms with Gasteiger partial charge in [-0.25, -0.2) is 4.79 Å². The van der Waals surface area contributed by atoms with Crippen molar-refractivity contribution in [3.05, 3.63) is 28.8 Å². The Labute approximate surface area is 123 Å². The highest BCUT2D eigenvalue weighted by Gasteiger charge is 2.16. The summed E-state index contributed by atoms with van der Waals surface area (Å²) >= 11 is 5.81. The van der Waals surface area contributed by atoms with Gasteiger partial charge in [-0.1, -0.05) is 31.0 Å². The van der Waals surface area contributed by atoms with Gasteiger partial charge in [-0.05, 0) is 18.6 Å². The molecule has 0 aliphatic heterocycles. The van der Waals surface area contributed by atoms with E-state index in [9.17, 15) is 9.90 Å². The average Bonchev–Trinajstić information content (AvgIpc) is 2.41. The van der Waals surface area contributed by atoms with Crippen LogP contribution in [0.1, 0.15) is 30.1 Å². The van der Waals surface area contributed by atoms with E-state index in [1.807, 2.05) is 0 Å². The first-order valence-electron chi connectivity index (χ1n) is 6.46. The Morgan fingerprint density at radius 3 is 2.80 bits per heavy atom. The molecule has 0 amide bonds. The van der Waals surface area contributed by atoms with Crippen LogP contribution < -0.4 is 4.74 Å². The van der Waals surface area contributed by atoms with E-state index in [-0.39, 0.29) is 29.5 Å². The molecule has 0 aliphatic rings. The molecule has 20 heavy (non-hydrogen) atoms. The molecule has 0 saturated carbocycles. The molecule has 6 heteroatoms. The third-order valence-corrected chi connectivity index (χ3v) is 2.89. The highest BCUT2D eigenvalue weighted by molar-refractivity contribution is 6.33. The second kappa shape index (κ2) is 8.79. The first-order valence-corrected chi connectivity index (χ1v) is 6.84. The Hall–Kier alpha value is -1.30. The fraction of sp³-hybridized carbons (Fsp3) is 0.500. The molecule has 0 heterocycles. The van der Waals surface area contributed by atoms with Gasteiger partial charge in [0.05, 0.1) is 11.6 Å². The van der Waals surface area contributed by atoms with Gasteiger partial charge >= 0.3 is 5.97 Å². The van der Waals surface area contributed by atoms with Crippen LogP contribution in [0.3, 0.4) is 0 Å². The molecule has 1 unspecified atom stereocenters. The average molecular weight is 303 g/mol. The lowest BCUT2D eigenvalue weighted by Gasteiger charge is -2.14. The van der Waals surface area contributed by atoms with E-state index in [2.05, 4.69) is 6.92 Å². The van der Waals surface area contributed by atoms with Crippen molar-refractivity contribution in [3.63, 3.8) is 0 Å². The topological polar surface area (TPSA) is 76.0 Å². The quantitative estimate of drug-likeness (QED) is 0.686. The SMILES string of the molecule is CCCCOCC(O)COc1cccc(Cl)c1C(=O)O. The lowest BCUT2D eigenvalue weighted by molar-refractivity contribution is 0.0110. The van der Waals surface area contributed by atoms with E-state index >= 15 is 0 Å². The van der Waals surface area contributed by atoms with Crippen LogP contribution in [0, 0.1) is 0 Å². The van der Waals surface area contributed by atoms with Gasteiger partial charge in [-0.15, -0.1) is 0 Å². The van der Waals surface area contributed by atoms with Crippen LogP contribution in [0.4, 0.5) is 0 Å². The molecule has 0 fully saturated rings. The van der Waals surface area contributed by atoms with Crippen molar-refractivity contribution in [3.8, 4) is 5.75 Å². The van der Waals surface area contributed by atoms with Gasteiger partial charge in [0.25, 0.3) is 0 Å². The minimum Gasteiger partial charge on any atom is -0.490 e. The molecule has 0 aliphatic carbocycles. The van der Waals surface area contributed by atoms with Crippen molar-refractivity contribution >= 4 is 17.6 Å². The van der Waals surface area contributed by atoms with Crippen molar-refractivity contribution in [2.24, 2.45) is 0 Å². The third-order valence-electron chi connectivity index (χ3n) is 2.57. The number of rotatable bonds is 9. The summed E-state index contributed by atoms with van der Waals surface area (Å²) in [5.74, 6) is -1.03. The third kappa shape index (κ3) is 5.36. The van der Waals surface area contributed by atoms with E-state index in [1.165, 1.54) is 12.1 Å². The lowest BCUT2D eigenvalue weighted by atomic mass is 10.2. The van der Waals surface area contributed by atoms with Gasteiger partial charge in [0.2, 0.25) is 0 Å². The Kier molecular flexibility index (Phi) is 7.36. The van der Waals surface area contributed by atoms with Crippen molar-refractivity contribution < 1.29 is 24.5 Å². The number of unbranched alkanes of at least 4 members (excludes halogenated alkanes) is 1. The van der Waals surface area contributed by atoms with Gasteiger partial charge < -0.3 is 19.7 Å². The zero-order chi connectivity index (χ0) is 15.0. The maximum Gasteiger partial charge on any atom is 0.341 e. The summed E-state index contributed by atoms with van der Waals surface area (Å²) in [4.78, 5) is 11.1. The lowest BCUT2D eigenvalue weighted by Crippen LogP contribution is -2.24. The van der Waals surface area contributed by atoms with Crippen LogP contribution >= 0.6 is 11.6 Å². The molecule has 0 spiro atoms. The zero-order valence-electron chi connectivity index (χ0n) is 11.3. The molecule has 1 rings (SSSR count). The number of hydrogen-bond acceptors (Lipinski definition) is 4. The Bertz CT molecular complexity index is 436. The highest BCUT2D eigenvalue weighted by atomic mass is 35.5. The van der Waals surface area contributed by atoms with E-state index in [0.29, 0.717) is 6.61 Å². The van der Waals surface area contributed by atoms with E-state index in [1.54, 1.807) is 6.07 Å². The maximum atomic E-state index is 11.1. The normalized spacial score (nSPS) is 12.2. The molecule has 5 nitrogen and oxygen atoms in total. The first-order chi connectivity index (χ1) is 9.56. The standard InChI is InChI=1S/C14H19ClO5/c1-2-3-7-19-8-10(16)9-20-12-6-4-5-11(15)13(12)14(17)18/h4-6,10,16H,2-3,7-9H2,1H3,(H,17,18). The van der Waals surface area contributed by atoms with Gasteiger partial charge in [0.15, 0.2) is 0 Å². The summed E-state index contributed by atoms with van der Waals surface area (Å²) in [6, 6.07) is 4.57. The minimum atomic E-state index is -1.17. The number of aromatic carboxylic acids is 1.